The molecule has 5 saturated carbocycles. The summed E-state index contributed by atoms with van der Waals surface area (Å²) in [5.74, 6) is 2.70. The van der Waals surface area contributed by atoms with Gasteiger partial charge in [-0.3, -0.25) is 9.59 Å². The molecule has 0 aromatic carbocycles. The number of methoxy groups -OCH3 is 1. The Bertz CT molecular complexity index is 2160. The SMILES string of the molecule is CC=C1CC2(Cc3nnc(C4=CC5(C)CC5=C(OC)C=C4)o3)CCC3(C)C4(C)CCC5C(C)(C)C(OC(=O)CC(C)(C)C(=O)O)CCC5(C)C4CCC3(C(C)C)C2=C1C(C)C. The molecule has 0 radical (unpaired) electrons. The highest BCUT2D eigenvalue weighted by Gasteiger charge is 2.75. The Labute approximate surface area is 366 Å². The van der Waals surface area contributed by atoms with Gasteiger partial charge in [-0.05, 0) is 154 Å². The van der Waals surface area contributed by atoms with E-state index in [0.717, 1.165) is 75.0 Å². The van der Waals surface area contributed by atoms with E-state index in [9.17, 15) is 14.7 Å². The van der Waals surface area contributed by atoms with Gasteiger partial charge in [0.15, 0.2) is 0 Å². The summed E-state index contributed by atoms with van der Waals surface area (Å²) in [6.07, 6.45) is 20.0. The van der Waals surface area contributed by atoms with Crippen molar-refractivity contribution < 1.29 is 28.6 Å². The van der Waals surface area contributed by atoms with Crippen LogP contribution in [0.3, 0.4) is 0 Å². The van der Waals surface area contributed by atoms with Gasteiger partial charge in [0.05, 0.1) is 18.9 Å². The van der Waals surface area contributed by atoms with Crippen LogP contribution in [0.25, 0.3) is 5.57 Å². The van der Waals surface area contributed by atoms with Gasteiger partial charge in [-0.15, -0.1) is 10.2 Å². The second kappa shape index (κ2) is 14.3. The molecule has 1 N–H and O–H groups in total. The minimum atomic E-state index is -1.16. The first-order valence-corrected chi connectivity index (χ1v) is 23.7. The monoisotopic (exact) mass is 837 g/mol. The van der Waals surface area contributed by atoms with Crippen LogP contribution < -0.4 is 0 Å². The van der Waals surface area contributed by atoms with Crippen molar-refractivity contribution in [3.05, 3.63) is 64.1 Å². The standard InChI is InChI=1S/C53H76N2O6/c1-15-33-27-52(29-40-54-55-44(61-40)34-16-17-36(59-14)35-28-48(35,10)26-34)25-24-51(13)50(12)22-18-37-47(8,9)39(60-41(56)30-46(6,7)45(57)58)20-21-49(37,11)38(50)19-23-53(51,32(4)5)43(52)42(33)31(2)3/h15-17,26,31-32,37-39H,18-25,27-30H2,1-14H3,(H,57,58). The molecule has 8 rings (SSSR count). The predicted octanol–water partition coefficient (Wildman–Crippen LogP) is 12.7. The molecule has 0 bridgehead atoms. The Hall–Kier alpha value is -3.42. The number of nitrogens with zero attached hydrogens (tertiary/aromatic N) is 2. The Morgan fingerprint density at radius 1 is 0.934 bits per heavy atom. The van der Waals surface area contributed by atoms with E-state index < -0.39 is 17.4 Å². The number of allylic oxidation sites excluding steroid dienone is 9. The number of carboxylic acids is 1. The zero-order chi connectivity index (χ0) is 44.5. The van der Waals surface area contributed by atoms with E-state index in [1.54, 1.807) is 32.1 Å². The molecule has 334 valence electrons. The zero-order valence-corrected chi connectivity index (χ0v) is 40.1. The third kappa shape index (κ3) is 6.22. The topological polar surface area (TPSA) is 112 Å². The largest absolute Gasteiger partial charge is 0.497 e. The van der Waals surface area contributed by atoms with Gasteiger partial charge >= 0.3 is 11.9 Å². The van der Waals surface area contributed by atoms with E-state index in [1.165, 1.54) is 24.0 Å². The maximum absolute atomic E-state index is 13.3. The second-order valence-electron chi connectivity index (χ2n) is 23.7. The minimum absolute atomic E-state index is 0.00214. The molecule has 0 spiro atoms. The predicted molar refractivity (Wildman–Crippen MR) is 240 cm³/mol. The van der Waals surface area contributed by atoms with Crippen LogP contribution in [0.15, 0.2) is 56.8 Å². The van der Waals surface area contributed by atoms with E-state index >= 15 is 0 Å². The number of carboxylic acid groups (broad SMARTS) is 1. The van der Waals surface area contributed by atoms with Gasteiger partial charge in [0.1, 0.15) is 11.9 Å². The smallest absolute Gasteiger partial charge is 0.309 e. The number of carbonyl (C=O) groups excluding carboxylic acids is 1. The molecular formula is C53H76N2O6. The van der Waals surface area contributed by atoms with Crippen molar-refractivity contribution in [1.82, 2.24) is 10.2 Å². The van der Waals surface area contributed by atoms with Gasteiger partial charge in [0, 0.05) is 33.7 Å². The maximum Gasteiger partial charge on any atom is 0.309 e. The fourth-order valence-electron chi connectivity index (χ4n) is 16.1. The molecule has 9 unspecified atom stereocenters. The lowest BCUT2D eigenvalue weighted by Gasteiger charge is -2.76. The van der Waals surface area contributed by atoms with Gasteiger partial charge in [0.2, 0.25) is 11.8 Å². The van der Waals surface area contributed by atoms with Gasteiger partial charge < -0.3 is 19.0 Å². The number of carbonyl (C=O) groups is 2. The number of rotatable bonds is 10. The van der Waals surface area contributed by atoms with Crippen molar-refractivity contribution in [1.29, 1.82) is 0 Å². The van der Waals surface area contributed by atoms with E-state index in [-0.39, 0.29) is 50.4 Å². The molecule has 8 heteroatoms. The minimum Gasteiger partial charge on any atom is -0.497 e. The molecule has 1 aromatic heterocycles. The first kappa shape index (κ1) is 44.2. The highest BCUT2D eigenvalue weighted by Crippen LogP contribution is 2.82. The third-order valence-corrected chi connectivity index (χ3v) is 19.4. The van der Waals surface area contributed by atoms with Crippen LogP contribution in [0.5, 0.6) is 0 Å². The molecule has 7 aliphatic carbocycles. The van der Waals surface area contributed by atoms with Gasteiger partial charge in [-0.25, -0.2) is 0 Å². The second-order valence-corrected chi connectivity index (χ2v) is 23.7. The number of aliphatic carboxylic acids is 1. The highest BCUT2D eigenvalue weighted by molar-refractivity contribution is 5.81. The molecule has 0 aliphatic heterocycles. The summed E-state index contributed by atoms with van der Waals surface area (Å²) in [7, 11) is 1.75. The summed E-state index contributed by atoms with van der Waals surface area (Å²) in [4.78, 5) is 25.2. The number of aromatic nitrogens is 2. The molecule has 5 fully saturated rings. The molecule has 1 heterocycles. The summed E-state index contributed by atoms with van der Waals surface area (Å²) in [5.41, 5.74) is 5.89. The third-order valence-electron chi connectivity index (χ3n) is 19.4. The summed E-state index contributed by atoms with van der Waals surface area (Å²) in [6.45, 7) is 30.3. The van der Waals surface area contributed by atoms with Crippen LogP contribution in [-0.2, 0) is 25.5 Å². The molecule has 0 saturated heterocycles. The first-order chi connectivity index (χ1) is 28.4. The lowest BCUT2D eigenvalue weighted by molar-refractivity contribution is -0.260. The normalized spacial score (nSPS) is 39.6. The molecule has 61 heavy (non-hydrogen) atoms. The van der Waals surface area contributed by atoms with Crippen molar-refractivity contribution in [3.63, 3.8) is 0 Å². The van der Waals surface area contributed by atoms with E-state index in [2.05, 4.69) is 100 Å². The number of esters is 1. The Morgan fingerprint density at radius 2 is 1.64 bits per heavy atom. The molecule has 9 atom stereocenters. The van der Waals surface area contributed by atoms with Crippen LogP contribution in [0.2, 0.25) is 0 Å². The van der Waals surface area contributed by atoms with E-state index in [0.29, 0.717) is 29.6 Å². The van der Waals surface area contributed by atoms with Crippen molar-refractivity contribution in [2.75, 3.05) is 7.11 Å². The van der Waals surface area contributed by atoms with Crippen LogP contribution in [0, 0.1) is 67.0 Å². The van der Waals surface area contributed by atoms with Crippen molar-refractivity contribution >= 4 is 17.5 Å². The van der Waals surface area contributed by atoms with Gasteiger partial charge in [-0.1, -0.05) is 87.0 Å². The fraction of sp³-hybridized carbons (Fsp3) is 0.736. The van der Waals surface area contributed by atoms with E-state index in [4.69, 9.17) is 24.1 Å². The lowest BCUT2D eigenvalue weighted by Crippen LogP contribution is -2.69. The first-order valence-electron chi connectivity index (χ1n) is 23.7. The number of hydrogen-bond acceptors (Lipinski definition) is 7. The number of hydrogen-bond donors (Lipinski definition) is 1. The Kier molecular flexibility index (Phi) is 10.4. The fourth-order valence-corrected chi connectivity index (χ4v) is 16.1. The van der Waals surface area contributed by atoms with Crippen LogP contribution >= 0.6 is 0 Å². The highest BCUT2D eigenvalue weighted by atomic mass is 16.5. The summed E-state index contributed by atoms with van der Waals surface area (Å²) < 4.78 is 18.8. The number of ether oxygens (including phenoxy) is 2. The van der Waals surface area contributed by atoms with Gasteiger partial charge in [0.25, 0.3) is 0 Å². The quantitative estimate of drug-likeness (QED) is 0.232. The van der Waals surface area contributed by atoms with Crippen LogP contribution in [0.1, 0.15) is 172 Å². The zero-order valence-electron chi connectivity index (χ0n) is 40.1. The lowest BCUT2D eigenvalue weighted by atomic mass is 9.28. The Morgan fingerprint density at radius 3 is 2.28 bits per heavy atom. The maximum atomic E-state index is 13.3. The molecule has 0 amide bonds. The molecular weight excluding hydrogens is 761 g/mol. The number of fused-ring (bicyclic) bond motifs is 8. The molecule has 7 aliphatic rings. The average Bonchev–Trinajstić information content (AvgIpc) is 3.47. The molecule has 1 aromatic rings. The summed E-state index contributed by atoms with van der Waals surface area (Å²) in [6, 6.07) is 0. The summed E-state index contributed by atoms with van der Waals surface area (Å²) in [5, 5.41) is 19.3. The van der Waals surface area contributed by atoms with Crippen LogP contribution in [-0.4, -0.2) is 40.5 Å². The van der Waals surface area contributed by atoms with Gasteiger partial charge in [-0.2, -0.15) is 0 Å². The van der Waals surface area contributed by atoms with Crippen LogP contribution in [0.4, 0.5) is 0 Å². The van der Waals surface area contributed by atoms with E-state index in [1.807, 2.05) is 0 Å². The van der Waals surface area contributed by atoms with Crippen molar-refractivity contribution in [3.8, 4) is 0 Å². The molecule has 8 nitrogen and oxygen atoms in total. The average molecular weight is 837 g/mol. The van der Waals surface area contributed by atoms with Crippen molar-refractivity contribution in [2.24, 2.45) is 67.0 Å². The van der Waals surface area contributed by atoms with Crippen molar-refractivity contribution in [2.45, 2.75) is 173 Å². The Balaban J connectivity index is 1.14. The summed E-state index contributed by atoms with van der Waals surface area (Å²) >= 11 is 0.